The number of methoxy groups -OCH3 is 4. The van der Waals surface area contributed by atoms with Crippen molar-refractivity contribution in [3.63, 3.8) is 0 Å². The number of allylic oxidation sites excluding steroid dienone is 1. The highest BCUT2D eigenvalue weighted by atomic mass is 35.5. The Morgan fingerprint density at radius 2 is 1.42 bits per heavy atom. The lowest BCUT2D eigenvalue weighted by Gasteiger charge is -2.18. The average Bonchev–Trinajstić information content (AvgIpc) is 3.58. The number of hydrogen-bond donors (Lipinski definition) is 4. The van der Waals surface area contributed by atoms with Gasteiger partial charge in [0, 0.05) is 35.3 Å². The summed E-state index contributed by atoms with van der Waals surface area (Å²) in [6.07, 6.45) is 3.69. The van der Waals surface area contributed by atoms with Gasteiger partial charge in [-0.1, -0.05) is 54.1 Å². The Morgan fingerprint density at radius 1 is 0.808 bits per heavy atom. The second-order valence-corrected chi connectivity index (χ2v) is 12.5. The average molecular weight is 731 g/mol. The Kier molecular flexibility index (Phi) is 13.0. The first-order valence-corrected chi connectivity index (χ1v) is 17.1. The first-order valence-electron chi connectivity index (χ1n) is 16.7. The fourth-order valence-electron chi connectivity index (χ4n) is 6.32. The number of nitrogens with one attached hydrogen (secondary N) is 2. The van der Waals surface area contributed by atoms with Crippen LogP contribution in [0.4, 0.5) is 0 Å². The molecule has 0 fully saturated rings. The van der Waals surface area contributed by atoms with E-state index in [2.05, 4.69) is 28.8 Å². The van der Waals surface area contributed by atoms with Gasteiger partial charge >= 0.3 is 11.9 Å². The summed E-state index contributed by atoms with van der Waals surface area (Å²) in [7, 11) is 5.62. The highest BCUT2D eigenvalue weighted by Crippen LogP contribution is 2.43. The maximum Gasteiger partial charge on any atom is 0.325 e. The van der Waals surface area contributed by atoms with E-state index in [-0.39, 0.29) is 13.1 Å². The van der Waals surface area contributed by atoms with E-state index < -0.39 is 37.2 Å². The molecule has 2 aromatic heterocycles. The Bertz CT molecular complexity index is 1970. The molecule has 0 spiro atoms. The van der Waals surface area contributed by atoms with E-state index in [9.17, 15) is 19.8 Å². The molecule has 4 N–H and O–H groups in total. The number of aromatic nitrogens is 2. The summed E-state index contributed by atoms with van der Waals surface area (Å²) in [5, 5.41) is 25.7. The predicted molar refractivity (Wildman–Crippen MR) is 198 cm³/mol. The van der Waals surface area contributed by atoms with Crippen LogP contribution in [0.15, 0.2) is 54.6 Å². The maximum atomic E-state index is 12.0. The minimum atomic E-state index is -0.878. The van der Waals surface area contributed by atoms with E-state index in [1.165, 1.54) is 26.9 Å². The molecule has 0 saturated heterocycles. The van der Waals surface area contributed by atoms with Crippen molar-refractivity contribution in [3.05, 3.63) is 93.1 Å². The molecule has 0 bridgehead atoms. The summed E-state index contributed by atoms with van der Waals surface area (Å²) in [5.74, 6) is -0.315. The lowest BCUT2D eigenvalue weighted by molar-refractivity contribution is -0.145. The summed E-state index contributed by atoms with van der Waals surface area (Å²) in [6, 6.07) is 16.1. The van der Waals surface area contributed by atoms with Crippen molar-refractivity contribution in [1.82, 2.24) is 20.6 Å². The molecule has 2 atom stereocenters. The summed E-state index contributed by atoms with van der Waals surface area (Å²) in [4.78, 5) is 33.3. The van der Waals surface area contributed by atoms with Crippen LogP contribution in [0, 0.1) is 6.92 Å². The fraction of sp³-hybridized carbons (Fsp3) is 0.333. The SMILES string of the molecule is COC(=O)[C@@H](CO)NCc1ccc(/C=C2\CCc3c2cccc3-c2cccc(-c3cc(C)c(CN[C@H](CO)C(=O)OC)c(OC)n3)c2Cl)nc1OC. The number of aliphatic hydroxyl groups is 2. The molecule has 52 heavy (non-hydrogen) atoms. The van der Waals surface area contributed by atoms with Crippen molar-refractivity contribution in [3.8, 4) is 34.1 Å². The van der Waals surface area contributed by atoms with Gasteiger partial charge in [0.1, 0.15) is 12.1 Å². The molecule has 13 heteroatoms. The second-order valence-electron chi connectivity index (χ2n) is 12.2. The van der Waals surface area contributed by atoms with Gasteiger partial charge in [-0.3, -0.25) is 20.2 Å². The van der Waals surface area contributed by atoms with E-state index in [1.54, 1.807) is 7.11 Å². The molecular formula is C39H43ClN4O8. The minimum Gasteiger partial charge on any atom is -0.481 e. The van der Waals surface area contributed by atoms with Crippen LogP contribution < -0.4 is 20.1 Å². The summed E-state index contributed by atoms with van der Waals surface area (Å²) in [5.41, 5.74) is 9.83. The zero-order chi connectivity index (χ0) is 37.4. The number of esters is 2. The van der Waals surface area contributed by atoms with Crippen LogP contribution >= 0.6 is 11.6 Å². The molecule has 0 saturated carbocycles. The molecular weight excluding hydrogens is 688 g/mol. The molecule has 274 valence electrons. The molecule has 0 aliphatic heterocycles. The molecule has 4 aromatic rings. The normalized spacial score (nSPS) is 14.1. The molecule has 2 aromatic carbocycles. The number of carbonyl (C=O) groups excluding carboxylic acids is 2. The number of aryl methyl sites for hydroxylation is 1. The van der Waals surface area contributed by atoms with Crippen molar-refractivity contribution in [2.45, 2.75) is 44.9 Å². The van der Waals surface area contributed by atoms with E-state index in [1.807, 2.05) is 49.4 Å². The van der Waals surface area contributed by atoms with Gasteiger partial charge in [-0.2, -0.15) is 0 Å². The van der Waals surface area contributed by atoms with Crippen molar-refractivity contribution < 1.29 is 38.7 Å². The van der Waals surface area contributed by atoms with Crippen LogP contribution in [0.5, 0.6) is 11.8 Å². The number of halogens is 1. The Hall–Kier alpha value is -4.85. The third-order valence-electron chi connectivity index (χ3n) is 9.11. The van der Waals surface area contributed by atoms with Gasteiger partial charge in [0.2, 0.25) is 11.8 Å². The topological polar surface area (TPSA) is 161 Å². The quantitative estimate of drug-likeness (QED) is 0.127. The number of rotatable bonds is 15. The Balaban J connectivity index is 1.42. The zero-order valence-electron chi connectivity index (χ0n) is 29.8. The number of fused-ring (bicyclic) bond motifs is 1. The summed E-state index contributed by atoms with van der Waals surface area (Å²) < 4.78 is 20.7. The molecule has 12 nitrogen and oxygen atoms in total. The molecule has 0 amide bonds. The van der Waals surface area contributed by atoms with Crippen LogP contribution in [0.3, 0.4) is 0 Å². The van der Waals surface area contributed by atoms with Crippen LogP contribution in [0.1, 0.15) is 39.9 Å². The number of benzene rings is 2. The third-order valence-corrected chi connectivity index (χ3v) is 9.52. The first kappa shape index (κ1) is 38.4. The largest absolute Gasteiger partial charge is 0.481 e. The van der Waals surface area contributed by atoms with Crippen LogP contribution in [0.2, 0.25) is 5.02 Å². The van der Waals surface area contributed by atoms with Gasteiger partial charge in [-0.05, 0) is 65.8 Å². The molecule has 5 rings (SSSR count). The first-order chi connectivity index (χ1) is 25.2. The summed E-state index contributed by atoms with van der Waals surface area (Å²) in [6.45, 7) is 1.61. The van der Waals surface area contributed by atoms with Gasteiger partial charge < -0.3 is 29.2 Å². The van der Waals surface area contributed by atoms with Crippen molar-refractivity contribution in [2.24, 2.45) is 0 Å². The van der Waals surface area contributed by atoms with Crippen LogP contribution in [-0.4, -0.2) is 85.9 Å². The van der Waals surface area contributed by atoms with E-state index in [0.717, 1.165) is 63.1 Å². The van der Waals surface area contributed by atoms with Crippen molar-refractivity contribution in [2.75, 3.05) is 41.7 Å². The van der Waals surface area contributed by atoms with E-state index in [0.29, 0.717) is 22.5 Å². The van der Waals surface area contributed by atoms with Crippen LogP contribution in [-0.2, 0) is 38.6 Å². The highest BCUT2D eigenvalue weighted by Gasteiger charge is 2.24. The standard InChI is InChI=1S/C39H43ClN4O8/c1-22-16-32(44-37(50-3)31(22)19-42-34(21-46)39(48)52-5)30-11-7-10-29(35(30)40)27-9-6-8-26-23(13-15-28(26)27)17-25-14-12-24(36(43-25)49-2)18-41-33(20-45)38(47)51-4/h6-12,14,16-17,33-34,41-42,45-46H,13,15,18-21H2,1-5H3/b23-17+/t33-,34-/m1/s1. The lowest BCUT2D eigenvalue weighted by atomic mass is 9.94. The van der Waals surface area contributed by atoms with Crippen molar-refractivity contribution in [1.29, 1.82) is 0 Å². The molecule has 1 aliphatic carbocycles. The number of ether oxygens (including phenoxy) is 4. The van der Waals surface area contributed by atoms with E-state index >= 15 is 0 Å². The Labute approximate surface area is 307 Å². The molecule has 2 heterocycles. The number of nitrogens with zero attached hydrogens (tertiary/aromatic N) is 2. The number of hydrogen-bond acceptors (Lipinski definition) is 12. The third kappa shape index (κ3) is 8.27. The number of carbonyl (C=O) groups is 2. The smallest absolute Gasteiger partial charge is 0.325 e. The van der Waals surface area contributed by atoms with Gasteiger partial charge in [-0.15, -0.1) is 0 Å². The zero-order valence-corrected chi connectivity index (χ0v) is 30.5. The van der Waals surface area contributed by atoms with Gasteiger partial charge in [-0.25, -0.2) is 9.97 Å². The second kappa shape index (κ2) is 17.6. The number of pyridine rings is 2. The van der Waals surface area contributed by atoms with Gasteiger partial charge in [0.25, 0.3) is 0 Å². The van der Waals surface area contributed by atoms with Gasteiger partial charge in [0.05, 0.1) is 58.1 Å². The van der Waals surface area contributed by atoms with Crippen LogP contribution in [0.25, 0.3) is 34.0 Å². The molecule has 0 unspecified atom stereocenters. The van der Waals surface area contributed by atoms with Crippen molar-refractivity contribution >= 4 is 35.2 Å². The lowest BCUT2D eigenvalue weighted by Crippen LogP contribution is -2.40. The molecule has 1 aliphatic rings. The number of aliphatic hydroxyl groups excluding tert-OH is 2. The fourth-order valence-corrected chi connectivity index (χ4v) is 6.65. The highest BCUT2D eigenvalue weighted by molar-refractivity contribution is 6.36. The minimum absolute atomic E-state index is 0.230. The maximum absolute atomic E-state index is 12.0. The van der Waals surface area contributed by atoms with E-state index in [4.69, 9.17) is 40.5 Å². The summed E-state index contributed by atoms with van der Waals surface area (Å²) >= 11 is 7.18. The van der Waals surface area contributed by atoms with Gasteiger partial charge in [0.15, 0.2) is 0 Å². The predicted octanol–water partition coefficient (Wildman–Crippen LogP) is 4.52. The molecule has 0 radical (unpaired) electrons. The Morgan fingerprint density at radius 3 is 2.06 bits per heavy atom. The monoisotopic (exact) mass is 730 g/mol.